The van der Waals surface area contributed by atoms with Crippen LogP contribution in [0.15, 0.2) is 36.0 Å². The van der Waals surface area contributed by atoms with Crippen LogP contribution in [0.4, 0.5) is 11.1 Å². The molecular weight excluding hydrogens is 396 g/mol. The quantitative estimate of drug-likeness (QED) is 0.680. The van der Waals surface area contributed by atoms with E-state index in [-0.39, 0.29) is 5.91 Å². The van der Waals surface area contributed by atoms with Crippen molar-refractivity contribution < 1.29 is 4.79 Å². The summed E-state index contributed by atoms with van der Waals surface area (Å²) in [6.07, 6.45) is 3.51. The van der Waals surface area contributed by atoms with E-state index in [1.54, 1.807) is 12.4 Å². The molecule has 2 aromatic heterocycles. The predicted octanol–water partition coefficient (Wildman–Crippen LogP) is 3.29. The van der Waals surface area contributed by atoms with Gasteiger partial charge in [-0.15, -0.1) is 11.3 Å². The van der Waals surface area contributed by atoms with Gasteiger partial charge in [-0.25, -0.2) is 15.0 Å². The number of carbonyl (C=O) groups is 1. The number of rotatable bonds is 5. The van der Waals surface area contributed by atoms with E-state index in [1.165, 1.54) is 28.0 Å². The summed E-state index contributed by atoms with van der Waals surface area (Å²) in [6.45, 7) is 9.90. The van der Waals surface area contributed by atoms with Crippen LogP contribution < -0.4 is 10.2 Å². The van der Waals surface area contributed by atoms with Gasteiger partial charge in [-0.2, -0.15) is 0 Å². The third kappa shape index (κ3) is 4.66. The van der Waals surface area contributed by atoms with E-state index in [0.717, 1.165) is 43.4 Å². The average molecular weight is 423 g/mol. The van der Waals surface area contributed by atoms with Crippen LogP contribution in [-0.2, 0) is 4.79 Å². The van der Waals surface area contributed by atoms with Crippen molar-refractivity contribution in [3.05, 3.63) is 52.7 Å². The van der Waals surface area contributed by atoms with Gasteiger partial charge in [-0.3, -0.25) is 9.69 Å². The number of nitrogens with one attached hydrogen (secondary N) is 1. The van der Waals surface area contributed by atoms with Crippen molar-refractivity contribution in [2.45, 2.75) is 20.8 Å². The molecule has 1 aliphatic heterocycles. The molecule has 0 radical (unpaired) electrons. The van der Waals surface area contributed by atoms with Crippen LogP contribution >= 0.6 is 11.3 Å². The molecule has 0 bridgehead atoms. The summed E-state index contributed by atoms with van der Waals surface area (Å²) in [5.74, 6) is 0.719. The van der Waals surface area contributed by atoms with Gasteiger partial charge in [0.05, 0.1) is 12.2 Å². The smallest absolute Gasteiger partial charge is 0.240 e. The molecule has 0 unspecified atom stereocenters. The molecule has 156 valence electrons. The number of thiazole rings is 1. The average Bonchev–Trinajstić information content (AvgIpc) is 3.16. The van der Waals surface area contributed by atoms with Crippen LogP contribution in [-0.4, -0.2) is 58.5 Å². The Balaban J connectivity index is 1.33. The summed E-state index contributed by atoms with van der Waals surface area (Å²) in [5, 5.41) is 5.62. The normalized spacial score (nSPS) is 14.7. The number of amides is 1. The maximum absolute atomic E-state index is 12.5. The van der Waals surface area contributed by atoms with Crippen molar-refractivity contribution in [2.75, 3.05) is 42.9 Å². The first kappa shape index (κ1) is 20.4. The van der Waals surface area contributed by atoms with Crippen LogP contribution in [0.1, 0.15) is 16.7 Å². The van der Waals surface area contributed by atoms with E-state index in [1.807, 2.05) is 11.4 Å². The van der Waals surface area contributed by atoms with Crippen LogP contribution in [0, 0.1) is 20.8 Å². The zero-order valence-electron chi connectivity index (χ0n) is 17.6. The van der Waals surface area contributed by atoms with Gasteiger partial charge < -0.3 is 10.2 Å². The Kier molecular flexibility index (Phi) is 6.06. The van der Waals surface area contributed by atoms with Crippen LogP contribution in [0.5, 0.6) is 0 Å². The minimum absolute atomic E-state index is 0.0299. The lowest BCUT2D eigenvalue weighted by atomic mass is 9.98. The number of piperazine rings is 1. The van der Waals surface area contributed by atoms with E-state index in [0.29, 0.717) is 11.7 Å². The highest BCUT2D eigenvalue weighted by atomic mass is 32.1. The maximum Gasteiger partial charge on any atom is 0.240 e. The number of aryl methyl sites for hydroxylation is 3. The van der Waals surface area contributed by atoms with E-state index in [2.05, 4.69) is 63.0 Å². The Morgan fingerprint density at radius 1 is 1.07 bits per heavy atom. The number of hydrogen-bond acceptors (Lipinski definition) is 7. The largest absolute Gasteiger partial charge is 0.338 e. The molecule has 1 aromatic carbocycles. The first-order valence-electron chi connectivity index (χ1n) is 10.1. The molecule has 8 heteroatoms. The van der Waals surface area contributed by atoms with Crippen molar-refractivity contribution in [3.63, 3.8) is 0 Å². The van der Waals surface area contributed by atoms with Gasteiger partial charge in [0, 0.05) is 49.5 Å². The van der Waals surface area contributed by atoms with Gasteiger partial charge in [-0.05, 0) is 38.0 Å². The number of anilines is 2. The monoisotopic (exact) mass is 422 g/mol. The van der Waals surface area contributed by atoms with Crippen LogP contribution in [0.3, 0.4) is 0 Å². The number of benzene rings is 1. The van der Waals surface area contributed by atoms with Crippen molar-refractivity contribution in [3.8, 4) is 11.3 Å². The Hall–Kier alpha value is -2.84. The lowest BCUT2D eigenvalue weighted by molar-refractivity contribution is -0.117. The summed E-state index contributed by atoms with van der Waals surface area (Å²) in [5.41, 5.74) is 5.72. The van der Waals surface area contributed by atoms with E-state index >= 15 is 0 Å². The minimum atomic E-state index is -0.0299. The third-order valence-electron chi connectivity index (χ3n) is 5.26. The highest BCUT2D eigenvalue weighted by Crippen LogP contribution is 2.31. The summed E-state index contributed by atoms with van der Waals surface area (Å²) in [6, 6.07) is 6.15. The number of nitrogens with zero attached hydrogens (tertiary/aromatic N) is 5. The maximum atomic E-state index is 12.5. The van der Waals surface area contributed by atoms with Gasteiger partial charge in [0.25, 0.3) is 0 Å². The van der Waals surface area contributed by atoms with Gasteiger partial charge in [0.2, 0.25) is 11.9 Å². The summed E-state index contributed by atoms with van der Waals surface area (Å²) >= 11 is 1.47. The zero-order chi connectivity index (χ0) is 21.1. The second-order valence-electron chi connectivity index (χ2n) is 7.67. The van der Waals surface area contributed by atoms with Crippen molar-refractivity contribution in [1.82, 2.24) is 19.9 Å². The Morgan fingerprint density at radius 2 is 1.73 bits per heavy atom. The molecule has 1 saturated heterocycles. The molecule has 1 amide bonds. The van der Waals surface area contributed by atoms with Crippen LogP contribution in [0.2, 0.25) is 0 Å². The van der Waals surface area contributed by atoms with Gasteiger partial charge in [-0.1, -0.05) is 17.7 Å². The second-order valence-corrected chi connectivity index (χ2v) is 8.53. The summed E-state index contributed by atoms with van der Waals surface area (Å²) < 4.78 is 0. The molecule has 3 aromatic rings. The highest BCUT2D eigenvalue weighted by molar-refractivity contribution is 7.14. The molecule has 0 saturated carbocycles. The minimum Gasteiger partial charge on any atom is -0.338 e. The molecule has 0 atom stereocenters. The fourth-order valence-electron chi connectivity index (χ4n) is 3.95. The number of aromatic nitrogens is 3. The zero-order valence-corrected chi connectivity index (χ0v) is 18.4. The molecule has 30 heavy (non-hydrogen) atoms. The molecule has 0 aliphatic carbocycles. The second kappa shape index (κ2) is 8.89. The molecule has 7 nitrogen and oxygen atoms in total. The topological polar surface area (TPSA) is 74.2 Å². The first-order chi connectivity index (χ1) is 14.5. The van der Waals surface area contributed by atoms with Crippen LogP contribution in [0.25, 0.3) is 11.3 Å². The van der Waals surface area contributed by atoms with Gasteiger partial charge in [0.15, 0.2) is 5.13 Å². The van der Waals surface area contributed by atoms with E-state index < -0.39 is 0 Å². The molecule has 4 rings (SSSR count). The number of carbonyl (C=O) groups excluding carboxylic acids is 1. The van der Waals surface area contributed by atoms with Crippen molar-refractivity contribution in [2.24, 2.45) is 0 Å². The standard InChI is InChI=1S/C22H26N6OS/c1-15-11-16(2)20(17(3)12-15)18-14-30-22(25-18)26-19(29)13-27-7-9-28(10-8-27)21-23-5-4-6-24-21/h4-6,11-12,14H,7-10,13H2,1-3H3,(H,25,26,29). The Morgan fingerprint density at radius 3 is 2.40 bits per heavy atom. The van der Waals surface area contributed by atoms with Gasteiger partial charge >= 0.3 is 0 Å². The molecular formula is C22H26N6OS. The molecule has 1 fully saturated rings. The SMILES string of the molecule is Cc1cc(C)c(-c2csc(NC(=O)CN3CCN(c4ncccn4)CC3)n2)c(C)c1. The lowest BCUT2D eigenvalue weighted by Crippen LogP contribution is -2.49. The predicted molar refractivity (Wildman–Crippen MR) is 121 cm³/mol. The lowest BCUT2D eigenvalue weighted by Gasteiger charge is -2.34. The first-order valence-corrected chi connectivity index (χ1v) is 11.0. The van der Waals surface area contributed by atoms with E-state index in [4.69, 9.17) is 0 Å². The molecule has 1 N–H and O–H groups in total. The Labute approximate surface area is 180 Å². The Bertz CT molecular complexity index is 1000. The number of hydrogen-bond donors (Lipinski definition) is 1. The fourth-order valence-corrected chi connectivity index (χ4v) is 4.67. The summed E-state index contributed by atoms with van der Waals surface area (Å²) in [7, 11) is 0. The van der Waals surface area contributed by atoms with Crippen molar-refractivity contribution in [1.29, 1.82) is 0 Å². The highest BCUT2D eigenvalue weighted by Gasteiger charge is 2.21. The van der Waals surface area contributed by atoms with E-state index in [9.17, 15) is 4.79 Å². The molecule has 0 spiro atoms. The fraction of sp³-hybridized carbons (Fsp3) is 0.364. The van der Waals surface area contributed by atoms with Crippen molar-refractivity contribution >= 4 is 28.3 Å². The third-order valence-corrected chi connectivity index (χ3v) is 6.02. The summed E-state index contributed by atoms with van der Waals surface area (Å²) in [4.78, 5) is 30.1. The molecule has 3 heterocycles. The molecule has 1 aliphatic rings. The van der Waals surface area contributed by atoms with Gasteiger partial charge in [0.1, 0.15) is 0 Å².